The standard InChI is InChI=1S/C19H15Cl2N3O3/c1-27-19(26)13-7-5-12(6-8-13)10-23-11-14(9-22)18(25)24-16-4-2-3-15(20)17(16)21/h2-8,11,23H,10H2,1H3,(H,24,25)/b14-11-. The minimum atomic E-state index is -0.616. The molecule has 2 rings (SSSR count). The van der Waals surface area contributed by atoms with Gasteiger partial charge in [-0.3, -0.25) is 4.79 Å². The van der Waals surface area contributed by atoms with Crippen LogP contribution in [0.1, 0.15) is 15.9 Å². The zero-order valence-electron chi connectivity index (χ0n) is 14.3. The summed E-state index contributed by atoms with van der Waals surface area (Å²) < 4.78 is 4.63. The monoisotopic (exact) mass is 403 g/mol. The smallest absolute Gasteiger partial charge is 0.337 e. The Morgan fingerprint density at radius 2 is 1.89 bits per heavy atom. The fraction of sp³-hybridized carbons (Fsp3) is 0.105. The van der Waals surface area contributed by atoms with E-state index in [-0.39, 0.29) is 10.6 Å². The number of rotatable bonds is 6. The molecule has 0 aliphatic carbocycles. The molecule has 0 unspecified atom stereocenters. The summed E-state index contributed by atoms with van der Waals surface area (Å²) in [5.41, 5.74) is 1.48. The van der Waals surface area contributed by atoms with Gasteiger partial charge in [-0.2, -0.15) is 5.26 Å². The summed E-state index contributed by atoms with van der Waals surface area (Å²) >= 11 is 11.9. The van der Waals surface area contributed by atoms with E-state index in [4.69, 9.17) is 23.2 Å². The normalized spacial score (nSPS) is 10.7. The molecule has 0 atom stereocenters. The molecule has 0 heterocycles. The quantitative estimate of drug-likeness (QED) is 0.433. The summed E-state index contributed by atoms with van der Waals surface area (Å²) in [6.45, 7) is 0.359. The van der Waals surface area contributed by atoms with E-state index >= 15 is 0 Å². The van der Waals surface area contributed by atoms with Crippen LogP contribution in [-0.4, -0.2) is 19.0 Å². The molecule has 0 fully saturated rings. The third kappa shape index (κ3) is 5.48. The van der Waals surface area contributed by atoms with E-state index in [9.17, 15) is 14.9 Å². The third-order valence-electron chi connectivity index (χ3n) is 3.49. The van der Waals surface area contributed by atoms with Crippen LogP contribution in [0.5, 0.6) is 0 Å². The summed E-state index contributed by atoms with van der Waals surface area (Å²) in [5, 5.41) is 15.1. The van der Waals surface area contributed by atoms with E-state index in [0.717, 1.165) is 5.56 Å². The van der Waals surface area contributed by atoms with Gasteiger partial charge in [-0.1, -0.05) is 41.4 Å². The Kier molecular flexibility index (Phi) is 7.24. The number of anilines is 1. The molecular weight excluding hydrogens is 389 g/mol. The molecule has 8 heteroatoms. The molecule has 6 nitrogen and oxygen atoms in total. The highest BCUT2D eigenvalue weighted by atomic mass is 35.5. The first-order chi connectivity index (χ1) is 13.0. The molecular formula is C19H15Cl2N3O3. The summed E-state index contributed by atoms with van der Waals surface area (Å²) in [6.07, 6.45) is 1.31. The van der Waals surface area contributed by atoms with Gasteiger partial charge < -0.3 is 15.4 Å². The number of hydrogen-bond acceptors (Lipinski definition) is 5. The van der Waals surface area contributed by atoms with Crippen LogP contribution in [-0.2, 0) is 16.1 Å². The molecule has 0 saturated carbocycles. The minimum absolute atomic E-state index is 0.128. The number of nitriles is 1. The number of amides is 1. The van der Waals surface area contributed by atoms with Crippen LogP contribution in [0.25, 0.3) is 0 Å². The van der Waals surface area contributed by atoms with Gasteiger partial charge in [0.05, 0.1) is 28.4 Å². The van der Waals surface area contributed by atoms with Crippen molar-refractivity contribution in [1.82, 2.24) is 5.32 Å². The van der Waals surface area contributed by atoms with Crippen LogP contribution in [0.4, 0.5) is 5.69 Å². The number of carbonyl (C=O) groups excluding carboxylic acids is 2. The number of nitrogens with zero attached hydrogens (tertiary/aromatic N) is 1. The number of esters is 1. The molecule has 27 heavy (non-hydrogen) atoms. The van der Waals surface area contributed by atoms with Crippen LogP contribution < -0.4 is 10.6 Å². The number of ether oxygens (including phenoxy) is 1. The predicted molar refractivity (Wildman–Crippen MR) is 103 cm³/mol. The first-order valence-electron chi connectivity index (χ1n) is 7.72. The van der Waals surface area contributed by atoms with E-state index in [1.54, 1.807) is 42.5 Å². The number of benzene rings is 2. The first kappa shape index (κ1) is 20.3. The molecule has 2 N–H and O–H groups in total. The van der Waals surface area contributed by atoms with Crippen LogP contribution >= 0.6 is 23.2 Å². The van der Waals surface area contributed by atoms with Gasteiger partial charge in [0.15, 0.2) is 0 Å². The number of halogens is 2. The van der Waals surface area contributed by atoms with Crippen LogP contribution in [0.2, 0.25) is 10.0 Å². The maximum atomic E-state index is 12.2. The van der Waals surface area contributed by atoms with Crippen molar-refractivity contribution in [2.24, 2.45) is 0 Å². The number of nitrogens with one attached hydrogen (secondary N) is 2. The molecule has 0 aromatic heterocycles. The molecule has 0 radical (unpaired) electrons. The lowest BCUT2D eigenvalue weighted by Crippen LogP contribution is -2.17. The van der Waals surface area contributed by atoms with Gasteiger partial charge in [-0.05, 0) is 29.8 Å². The highest BCUT2D eigenvalue weighted by Gasteiger charge is 2.12. The van der Waals surface area contributed by atoms with E-state index in [2.05, 4.69) is 15.4 Å². The van der Waals surface area contributed by atoms with Gasteiger partial charge in [-0.25, -0.2) is 4.79 Å². The second-order valence-electron chi connectivity index (χ2n) is 5.29. The zero-order valence-corrected chi connectivity index (χ0v) is 15.8. The topological polar surface area (TPSA) is 91.2 Å². The fourth-order valence-corrected chi connectivity index (χ4v) is 2.43. The van der Waals surface area contributed by atoms with E-state index < -0.39 is 11.9 Å². The van der Waals surface area contributed by atoms with Gasteiger partial charge in [0.1, 0.15) is 11.6 Å². The van der Waals surface area contributed by atoms with Crippen LogP contribution in [0.15, 0.2) is 54.2 Å². The Morgan fingerprint density at radius 1 is 1.19 bits per heavy atom. The Bertz CT molecular complexity index is 919. The number of methoxy groups -OCH3 is 1. The van der Waals surface area contributed by atoms with Crippen molar-refractivity contribution < 1.29 is 14.3 Å². The lowest BCUT2D eigenvalue weighted by molar-refractivity contribution is -0.112. The predicted octanol–water partition coefficient (Wildman–Crippen LogP) is 3.92. The van der Waals surface area contributed by atoms with Gasteiger partial charge in [-0.15, -0.1) is 0 Å². The fourth-order valence-electron chi connectivity index (χ4n) is 2.09. The molecule has 138 valence electrons. The first-order valence-corrected chi connectivity index (χ1v) is 8.48. The summed E-state index contributed by atoms with van der Waals surface area (Å²) in [5.74, 6) is -1.03. The maximum Gasteiger partial charge on any atom is 0.337 e. The van der Waals surface area contributed by atoms with Crippen molar-refractivity contribution in [1.29, 1.82) is 5.26 Å². The summed E-state index contributed by atoms with van der Waals surface area (Å²) in [6, 6.07) is 13.4. The lowest BCUT2D eigenvalue weighted by atomic mass is 10.1. The van der Waals surface area contributed by atoms with E-state index in [1.807, 2.05) is 6.07 Å². The molecule has 2 aromatic carbocycles. The van der Waals surface area contributed by atoms with Crippen LogP contribution in [0, 0.1) is 11.3 Å². The van der Waals surface area contributed by atoms with Crippen molar-refractivity contribution >= 4 is 40.8 Å². The number of hydrogen-bond donors (Lipinski definition) is 2. The van der Waals surface area contributed by atoms with Crippen molar-refractivity contribution in [2.75, 3.05) is 12.4 Å². The average molecular weight is 404 g/mol. The molecule has 0 saturated heterocycles. The Morgan fingerprint density at radius 3 is 2.52 bits per heavy atom. The van der Waals surface area contributed by atoms with Crippen molar-refractivity contribution in [2.45, 2.75) is 6.54 Å². The van der Waals surface area contributed by atoms with E-state index in [1.165, 1.54) is 13.3 Å². The maximum absolute atomic E-state index is 12.2. The largest absolute Gasteiger partial charge is 0.465 e. The Labute approximate surface area is 166 Å². The molecule has 0 aliphatic rings. The Balaban J connectivity index is 1.99. The molecule has 0 bridgehead atoms. The summed E-state index contributed by atoms with van der Waals surface area (Å²) in [4.78, 5) is 23.6. The Hall–Kier alpha value is -3.01. The van der Waals surface area contributed by atoms with Gasteiger partial charge in [0, 0.05) is 12.7 Å². The van der Waals surface area contributed by atoms with Gasteiger partial charge in [0.2, 0.25) is 0 Å². The third-order valence-corrected chi connectivity index (χ3v) is 4.31. The van der Waals surface area contributed by atoms with Crippen molar-refractivity contribution in [3.8, 4) is 6.07 Å². The number of carbonyl (C=O) groups is 2. The molecule has 0 aliphatic heterocycles. The van der Waals surface area contributed by atoms with Crippen molar-refractivity contribution in [3.63, 3.8) is 0 Å². The highest BCUT2D eigenvalue weighted by molar-refractivity contribution is 6.44. The minimum Gasteiger partial charge on any atom is -0.465 e. The lowest BCUT2D eigenvalue weighted by Gasteiger charge is -2.08. The molecule has 2 aromatic rings. The molecule has 1 amide bonds. The highest BCUT2D eigenvalue weighted by Crippen LogP contribution is 2.29. The second-order valence-corrected chi connectivity index (χ2v) is 6.08. The SMILES string of the molecule is COC(=O)c1ccc(CN/C=C(/C#N)C(=O)Nc2cccc(Cl)c2Cl)cc1. The van der Waals surface area contributed by atoms with Crippen molar-refractivity contribution in [3.05, 3.63) is 75.4 Å². The average Bonchev–Trinajstić information content (AvgIpc) is 2.68. The zero-order chi connectivity index (χ0) is 19.8. The van der Waals surface area contributed by atoms with Crippen LogP contribution in [0.3, 0.4) is 0 Å². The van der Waals surface area contributed by atoms with E-state index in [0.29, 0.717) is 22.8 Å². The van der Waals surface area contributed by atoms with Gasteiger partial charge in [0.25, 0.3) is 5.91 Å². The molecule has 0 spiro atoms. The second kappa shape index (κ2) is 9.62. The summed E-state index contributed by atoms with van der Waals surface area (Å²) in [7, 11) is 1.31. The van der Waals surface area contributed by atoms with Gasteiger partial charge >= 0.3 is 5.97 Å².